The van der Waals surface area contributed by atoms with Crippen LogP contribution in [0.5, 0.6) is 0 Å². The Morgan fingerprint density at radius 1 is 1.04 bits per heavy atom. The lowest BCUT2D eigenvalue weighted by Crippen LogP contribution is -2.48. The van der Waals surface area contributed by atoms with E-state index in [0.29, 0.717) is 0 Å². The van der Waals surface area contributed by atoms with Crippen LogP contribution in [0.15, 0.2) is 30.3 Å². The molecule has 1 N–H and O–H groups in total. The maximum absolute atomic E-state index is 11.7. The van der Waals surface area contributed by atoms with E-state index in [2.05, 4.69) is 25.8 Å². The molecule has 1 heterocycles. The fourth-order valence-corrected chi connectivity index (χ4v) is 4.56. The Morgan fingerprint density at radius 3 is 2.29 bits per heavy atom. The third-order valence-electron chi connectivity index (χ3n) is 6.40. The lowest BCUT2D eigenvalue weighted by Gasteiger charge is -2.40. The van der Waals surface area contributed by atoms with Gasteiger partial charge in [-0.05, 0) is 43.6 Å². The molecule has 0 amide bonds. The first-order valence-electron chi connectivity index (χ1n) is 9.59. The summed E-state index contributed by atoms with van der Waals surface area (Å²) in [5.41, 5.74) is -0.204. The highest BCUT2D eigenvalue weighted by Crippen LogP contribution is 2.50. The number of hydrogen-bond donors (Lipinski definition) is 1. The first kappa shape index (κ1) is 17.5. The van der Waals surface area contributed by atoms with Crippen molar-refractivity contribution < 1.29 is 9.59 Å². The Balaban J connectivity index is 1.88. The van der Waals surface area contributed by atoms with Gasteiger partial charge in [-0.15, -0.1) is 0 Å². The minimum Gasteiger partial charge on any atom is -0.373 e. The highest BCUT2D eigenvalue weighted by molar-refractivity contribution is 5.35. The predicted molar refractivity (Wildman–Crippen MR) is 99.3 cm³/mol. The Kier molecular flexibility index (Phi) is 5.04. The van der Waals surface area contributed by atoms with Crippen LogP contribution < -0.4 is 0 Å². The number of likely N-dealkylation sites (tertiary alicyclic amines) is 1. The maximum Gasteiger partial charge on any atom is 0.156 e. The number of rotatable bonds is 3. The summed E-state index contributed by atoms with van der Waals surface area (Å²) in [6.07, 6.45) is 8.46. The second kappa shape index (κ2) is 6.90. The van der Waals surface area contributed by atoms with Crippen molar-refractivity contribution in [3.8, 4) is 11.8 Å². The number of nitrogens with zero attached hydrogens (tertiary/aromatic N) is 1. The van der Waals surface area contributed by atoms with Gasteiger partial charge in [-0.2, -0.15) is 0 Å². The molecule has 130 valence electrons. The second-order valence-corrected chi connectivity index (χ2v) is 8.43. The van der Waals surface area contributed by atoms with Crippen LogP contribution in [0.2, 0.25) is 0 Å². The van der Waals surface area contributed by atoms with E-state index >= 15 is 0 Å². The molecule has 0 bridgehead atoms. The molecule has 1 saturated carbocycles. The Hall–Kier alpha value is -1.30. The minimum absolute atomic E-state index is 0.137. The summed E-state index contributed by atoms with van der Waals surface area (Å²) >= 11 is 0. The summed E-state index contributed by atoms with van der Waals surface area (Å²) in [4.78, 5) is 0. The average molecular weight is 327 g/mol. The van der Waals surface area contributed by atoms with Gasteiger partial charge < -0.3 is 9.59 Å². The lowest BCUT2D eigenvalue weighted by atomic mass is 9.68. The van der Waals surface area contributed by atoms with Gasteiger partial charge in [0.1, 0.15) is 6.54 Å². The van der Waals surface area contributed by atoms with Crippen molar-refractivity contribution in [1.82, 2.24) is 0 Å². The molecule has 1 atom stereocenters. The molecule has 1 saturated heterocycles. The van der Waals surface area contributed by atoms with Crippen LogP contribution in [-0.4, -0.2) is 36.3 Å². The monoisotopic (exact) mass is 326 g/mol. The van der Waals surface area contributed by atoms with Gasteiger partial charge in [0.15, 0.2) is 5.60 Å². The van der Waals surface area contributed by atoms with Gasteiger partial charge in [0.2, 0.25) is 0 Å². The molecule has 0 spiro atoms. The fourth-order valence-electron chi connectivity index (χ4n) is 4.56. The van der Waals surface area contributed by atoms with Crippen LogP contribution in [0, 0.1) is 17.3 Å². The van der Waals surface area contributed by atoms with Gasteiger partial charge in [-0.3, -0.25) is 0 Å². The highest BCUT2D eigenvalue weighted by atomic mass is 16.3. The first-order valence-corrected chi connectivity index (χ1v) is 9.59. The molecule has 2 fully saturated rings. The third-order valence-corrected chi connectivity index (χ3v) is 6.40. The largest absolute Gasteiger partial charge is 0.373 e. The molecular formula is C22H32NO+. The zero-order chi connectivity index (χ0) is 17.1. The van der Waals surface area contributed by atoms with E-state index in [1.54, 1.807) is 0 Å². The van der Waals surface area contributed by atoms with Crippen molar-refractivity contribution >= 4 is 0 Å². The standard InChI is InChI=1S/C22H32NO/c1-21(14-7-8-15-21)22(24,20-12-5-3-6-13-20)16-11-19-23(2)17-9-4-10-18-23/h3,5-6,12-13,24H,4,7-10,14-15,17-19H2,1-2H3/q+1/t22-/m0/s1. The first-order chi connectivity index (χ1) is 11.5. The van der Waals surface area contributed by atoms with Crippen molar-refractivity contribution in [2.75, 3.05) is 26.7 Å². The molecule has 3 rings (SSSR count). The van der Waals surface area contributed by atoms with Gasteiger partial charge in [-0.1, -0.05) is 56.0 Å². The van der Waals surface area contributed by atoms with Crippen molar-refractivity contribution in [2.24, 2.45) is 5.41 Å². The molecule has 2 nitrogen and oxygen atoms in total. The summed E-state index contributed by atoms with van der Waals surface area (Å²) < 4.78 is 1.04. The zero-order valence-corrected chi connectivity index (χ0v) is 15.4. The predicted octanol–water partition coefficient (Wildman–Crippen LogP) is 4.09. The van der Waals surface area contributed by atoms with Crippen molar-refractivity contribution in [3.05, 3.63) is 35.9 Å². The van der Waals surface area contributed by atoms with Crippen molar-refractivity contribution in [1.29, 1.82) is 0 Å². The van der Waals surface area contributed by atoms with E-state index in [0.717, 1.165) is 29.4 Å². The summed E-state index contributed by atoms with van der Waals surface area (Å²) in [6.45, 7) is 5.51. The SMILES string of the molecule is CC1([C@](O)(C#CC[N+]2(C)CCCCC2)c2ccccc2)CCCC1. The van der Waals surface area contributed by atoms with E-state index in [9.17, 15) is 5.11 Å². The summed E-state index contributed by atoms with van der Waals surface area (Å²) in [7, 11) is 2.31. The molecule has 0 radical (unpaired) electrons. The van der Waals surface area contributed by atoms with Crippen LogP contribution in [0.25, 0.3) is 0 Å². The maximum atomic E-state index is 11.7. The Bertz CT molecular complexity index is 600. The summed E-state index contributed by atoms with van der Waals surface area (Å²) in [5.74, 6) is 6.77. The molecule has 1 aromatic carbocycles. The number of aliphatic hydroxyl groups is 1. The molecule has 2 aliphatic rings. The normalized spacial score (nSPS) is 24.6. The molecule has 1 aliphatic carbocycles. The van der Waals surface area contributed by atoms with Gasteiger partial charge in [0.25, 0.3) is 0 Å². The summed E-state index contributed by atoms with van der Waals surface area (Å²) in [6, 6.07) is 10.1. The molecular weight excluding hydrogens is 294 g/mol. The molecule has 1 aliphatic heterocycles. The van der Waals surface area contributed by atoms with Crippen molar-refractivity contribution in [2.45, 2.75) is 57.5 Å². The highest BCUT2D eigenvalue weighted by Gasteiger charge is 2.48. The average Bonchev–Trinajstić information content (AvgIpc) is 3.04. The van der Waals surface area contributed by atoms with E-state index in [-0.39, 0.29) is 5.41 Å². The van der Waals surface area contributed by atoms with Gasteiger partial charge in [0.05, 0.1) is 20.1 Å². The summed E-state index contributed by atoms with van der Waals surface area (Å²) in [5, 5.41) is 11.7. The quantitative estimate of drug-likeness (QED) is 0.655. The van der Waals surface area contributed by atoms with E-state index in [1.807, 2.05) is 30.3 Å². The minimum atomic E-state index is -1.03. The van der Waals surface area contributed by atoms with Gasteiger partial charge >= 0.3 is 0 Å². The van der Waals surface area contributed by atoms with Gasteiger partial charge in [-0.25, -0.2) is 0 Å². The van der Waals surface area contributed by atoms with Crippen LogP contribution in [0.4, 0.5) is 0 Å². The van der Waals surface area contributed by atoms with Crippen LogP contribution in [0.1, 0.15) is 57.4 Å². The fraction of sp³-hybridized carbons (Fsp3) is 0.636. The van der Waals surface area contributed by atoms with Crippen LogP contribution in [-0.2, 0) is 5.60 Å². The smallest absolute Gasteiger partial charge is 0.156 e. The second-order valence-electron chi connectivity index (χ2n) is 8.43. The Morgan fingerprint density at radius 2 is 1.67 bits per heavy atom. The van der Waals surface area contributed by atoms with Gasteiger partial charge in [0, 0.05) is 5.41 Å². The van der Waals surface area contributed by atoms with Crippen LogP contribution >= 0.6 is 0 Å². The Labute approximate surface area is 147 Å². The number of hydrogen-bond acceptors (Lipinski definition) is 1. The van der Waals surface area contributed by atoms with Crippen molar-refractivity contribution in [3.63, 3.8) is 0 Å². The molecule has 0 aromatic heterocycles. The van der Waals surface area contributed by atoms with Crippen LogP contribution in [0.3, 0.4) is 0 Å². The van der Waals surface area contributed by atoms with E-state index in [1.165, 1.54) is 45.2 Å². The van der Waals surface area contributed by atoms with E-state index in [4.69, 9.17) is 0 Å². The topological polar surface area (TPSA) is 20.2 Å². The number of benzene rings is 1. The number of quaternary nitrogens is 1. The lowest BCUT2D eigenvalue weighted by molar-refractivity contribution is -0.907. The molecule has 1 aromatic rings. The van der Waals surface area contributed by atoms with E-state index < -0.39 is 5.60 Å². The third kappa shape index (κ3) is 3.39. The zero-order valence-electron chi connectivity index (χ0n) is 15.4. The number of piperidine rings is 1. The molecule has 24 heavy (non-hydrogen) atoms. The molecule has 2 heteroatoms. The molecule has 0 unspecified atom stereocenters.